The number of benzene rings is 1. The highest BCUT2D eigenvalue weighted by Gasteiger charge is 2.40. The molecule has 0 N–H and O–H groups in total. The molecule has 0 radical (unpaired) electrons. The fraction of sp³-hybridized carbons (Fsp3) is 0.438. The number of amides is 2. The van der Waals surface area contributed by atoms with E-state index in [-0.39, 0.29) is 45.9 Å². The van der Waals surface area contributed by atoms with Crippen molar-refractivity contribution in [3.63, 3.8) is 0 Å². The zero-order chi connectivity index (χ0) is 19.9. The monoisotopic (exact) mass is 434 g/mol. The Morgan fingerprint density at radius 1 is 1.22 bits per heavy atom. The van der Waals surface area contributed by atoms with Gasteiger partial charge in [0.25, 0.3) is 11.8 Å². The van der Waals surface area contributed by atoms with Crippen LogP contribution in [-0.2, 0) is 19.4 Å². The van der Waals surface area contributed by atoms with Crippen molar-refractivity contribution in [1.29, 1.82) is 0 Å². The van der Waals surface area contributed by atoms with E-state index in [1.807, 2.05) is 0 Å². The van der Waals surface area contributed by atoms with Crippen molar-refractivity contribution in [2.24, 2.45) is 0 Å². The second kappa shape index (κ2) is 7.38. The number of carbonyl (C=O) groups excluding carboxylic acids is 3. The molecule has 0 spiro atoms. The number of sulfone groups is 1. The number of methoxy groups -OCH3 is 1. The van der Waals surface area contributed by atoms with Crippen LogP contribution < -0.4 is 0 Å². The molecule has 2 amide bonds. The number of esters is 1. The van der Waals surface area contributed by atoms with E-state index in [1.54, 1.807) is 0 Å². The predicted molar refractivity (Wildman–Crippen MR) is 97.6 cm³/mol. The van der Waals surface area contributed by atoms with Gasteiger partial charge in [0.2, 0.25) is 0 Å². The largest absolute Gasteiger partial charge is 0.468 e. The van der Waals surface area contributed by atoms with Gasteiger partial charge in [0.15, 0.2) is 9.84 Å². The number of hydrogen-bond acceptors (Lipinski definition) is 7. The minimum atomic E-state index is -3.23. The lowest BCUT2D eigenvalue weighted by atomic mass is 10.1. The first-order valence-corrected chi connectivity index (χ1v) is 10.6. The molecule has 2 aliphatic rings. The maximum atomic E-state index is 12.6. The normalized spacial score (nSPS) is 21.0. The number of ether oxygens (including phenoxy) is 1. The topological polar surface area (TPSA) is 101 Å². The number of nitrogens with zero attached hydrogens (tertiary/aromatic N) is 2. The van der Waals surface area contributed by atoms with Crippen LogP contribution in [0.15, 0.2) is 12.1 Å². The van der Waals surface area contributed by atoms with Crippen LogP contribution in [0.25, 0.3) is 0 Å². The molecular formula is C16H16Cl2N2O6S. The molecule has 27 heavy (non-hydrogen) atoms. The highest BCUT2D eigenvalue weighted by molar-refractivity contribution is 7.91. The van der Waals surface area contributed by atoms with E-state index in [9.17, 15) is 22.8 Å². The number of rotatable bonds is 5. The molecule has 0 aliphatic carbocycles. The Morgan fingerprint density at radius 3 is 2.22 bits per heavy atom. The molecule has 3 rings (SSSR count). The first-order chi connectivity index (χ1) is 12.6. The summed E-state index contributed by atoms with van der Waals surface area (Å²) in [5, 5.41) is 0.290. The van der Waals surface area contributed by atoms with Crippen LogP contribution in [0.1, 0.15) is 27.1 Å². The van der Waals surface area contributed by atoms with Crippen molar-refractivity contribution in [3.05, 3.63) is 33.3 Å². The Kier molecular flexibility index (Phi) is 5.49. The fourth-order valence-corrected chi connectivity index (χ4v) is 5.27. The van der Waals surface area contributed by atoms with Gasteiger partial charge in [0, 0.05) is 6.04 Å². The number of fused-ring (bicyclic) bond motifs is 1. The summed E-state index contributed by atoms with van der Waals surface area (Å²) < 4.78 is 28.3. The van der Waals surface area contributed by atoms with Gasteiger partial charge < -0.3 is 4.74 Å². The van der Waals surface area contributed by atoms with Crippen LogP contribution in [0.2, 0.25) is 10.0 Å². The van der Waals surface area contributed by atoms with Gasteiger partial charge in [0.1, 0.15) is 0 Å². The molecule has 146 valence electrons. The number of halogens is 2. The average molecular weight is 435 g/mol. The van der Waals surface area contributed by atoms with E-state index in [1.165, 1.54) is 24.1 Å². The third-order valence-corrected chi connectivity index (χ3v) is 7.09. The quantitative estimate of drug-likeness (QED) is 0.506. The lowest BCUT2D eigenvalue weighted by Crippen LogP contribution is -2.48. The minimum Gasteiger partial charge on any atom is -0.468 e. The zero-order valence-electron chi connectivity index (χ0n) is 14.3. The molecular weight excluding hydrogens is 419 g/mol. The molecule has 0 unspecified atom stereocenters. The summed E-state index contributed by atoms with van der Waals surface area (Å²) in [6, 6.07) is 2.15. The van der Waals surface area contributed by atoms with Gasteiger partial charge in [-0.1, -0.05) is 23.2 Å². The number of carbonyl (C=O) groups is 3. The lowest BCUT2D eigenvalue weighted by molar-refractivity contribution is -0.142. The Bertz CT molecular complexity index is 892. The van der Waals surface area contributed by atoms with Gasteiger partial charge in [-0.3, -0.25) is 24.2 Å². The standard InChI is InChI=1S/C16H16Cl2N2O6S/c1-26-14(21)6-19(9-2-3-27(24,25)7-9)8-20-15(22)10-4-12(17)13(18)5-11(10)16(20)23/h4-5,9H,2-3,6-8H2,1H3/t9-/m1/s1. The summed E-state index contributed by atoms with van der Waals surface area (Å²) in [6.07, 6.45) is 0.306. The van der Waals surface area contributed by atoms with E-state index < -0.39 is 33.7 Å². The molecule has 2 aliphatic heterocycles. The lowest BCUT2D eigenvalue weighted by Gasteiger charge is -2.30. The van der Waals surface area contributed by atoms with Crippen LogP contribution in [0.3, 0.4) is 0 Å². The van der Waals surface area contributed by atoms with Gasteiger partial charge in [-0.25, -0.2) is 8.42 Å². The third kappa shape index (κ3) is 3.96. The van der Waals surface area contributed by atoms with Crippen molar-refractivity contribution >= 4 is 50.8 Å². The molecule has 1 fully saturated rings. The average Bonchev–Trinajstić information content (AvgIpc) is 3.07. The number of hydrogen-bond donors (Lipinski definition) is 0. The summed E-state index contributed by atoms with van der Waals surface area (Å²) in [5.41, 5.74) is 0.234. The zero-order valence-corrected chi connectivity index (χ0v) is 16.6. The summed E-state index contributed by atoms with van der Waals surface area (Å²) in [7, 11) is -2.02. The smallest absolute Gasteiger partial charge is 0.319 e. The van der Waals surface area contributed by atoms with Crippen LogP contribution in [0.4, 0.5) is 0 Å². The summed E-state index contributed by atoms with van der Waals surface area (Å²) >= 11 is 11.9. The van der Waals surface area contributed by atoms with Gasteiger partial charge in [-0.15, -0.1) is 0 Å². The number of imide groups is 1. The van der Waals surface area contributed by atoms with E-state index in [4.69, 9.17) is 23.2 Å². The maximum absolute atomic E-state index is 12.6. The van der Waals surface area contributed by atoms with E-state index in [2.05, 4.69) is 4.74 Å². The molecule has 1 atom stereocenters. The maximum Gasteiger partial charge on any atom is 0.319 e. The summed E-state index contributed by atoms with van der Waals surface area (Å²) in [5.74, 6) is -1.91. The highest BCUT2D eigenvalue weighted by atomic mass is 35.5. The second-order valence-electron chi connectivity index (χ2n) is 6.37. The Balaban J connectivity index is 1.86. The SMILES string of the molecule is COC(=O)CN(CN1C(=O)c2cc(Cl)c(Cl)cc2C1=O)[C@@H]1CCS(=O)(=O)C1. The van der Waals surface area contributed by atoms with Crippen molar-refractivity contribution in [3.8, 4) is 0 Å². The molecule has 1 saturated heterocycles. The molecule has 1 aromatic carbocycles. The molecule has 0 saturated carbocycles. The summed E-state index contributed by atoms with van der Waals surface area (Å²) in [6.45, 7) is -0.484. The molecule has 11 heteroatoms. The Morgan fingerprint density at radius 2 is 1.78 bits per heavy atom. The highest BCUT2D eigenvalue weighted by Crippen LogP contribution is 2.32. The molecule has 0 bridgehead atoms. The van der Waals surface area contributed by atoms with Gasteiger partial charge in [0.05, 0.1) is 53.0 Å². The van der Waals surface area contributed by atoms with Crippen molar-refractivity contribution < 1.29 is 27.5 Å². The Hall–Kier alpha value is -1.68. The Labute approximate surface area is 165 Å². The molecule has 2 heterocycles. The van der Waals surface area contributed by atoms with Crippen molar-refractivity contribution in [2.75, 3.05) is 31.8 Å². The molecule has 0 aromatic heterocycles. The third-order valence-electron chi connectivity index (χ3n) is 4.62. The molecule has 1 aromatic rings. The fourth-order valence-electron chi connectivity index (χ4n) is 3.18. The minimum absolute atomic E-state index is 0.0112. The van der Waals surface area contributed by atoms with Gasteiger partial charge >= 0.3 is 5.97 Å². The van der Waals surface area contributed by atoms with E-state index in [0.29, 0.717) is 6.42 Å². The summed E-state index contributed by atoms with van der Waals surface area (Å²) in [4.78, 5) is 39.5. The molecule has 8 nitrogen and oxygen atoms in total. The second-order valence-corrected chi connectivity index (χ2v) is 9.41. The van der Waals surface area contributed by atoms with E-state index >= 15 is 0 Å². The van der Waals surface area contributed by atoms with Crippen LogP contribution in [0, 0.1) is 0 Å². The van der Waals surface area contributed by atoms with Crippen LogP contribution in [-0.4, -0.2) is 73.9 Å². The van der Waals surface area contributed by atoms with Gasteiger partial charge in [-0.2, -0.15) is 0 Å². The van der Waals surface area contributed by atoms with Crippen LogP contribution in [0.5, 0.6) is 0 Å². The predicted octanol–water partition coefficient (Wildman–Crippen LogP) is 1.21. The first-order valence-electron chi connectivity index (χ1n) is 7.99. The van der Waals surface area contributed by atoms with E-state index in [0.717, 1.165) is 4.90 Å². The first kappa shape index (κ1) is 20.1. The van der Waals surface area contributed by atoms with Crippen molar-refractivity contribution in [1.82, 2.24) is 9.80 Å². The van der Waals surface area contributed by atoms with Gasteiger partial charge in [-0.05, 0) is 18.6 Å². The van der Waals surface area contributed by atoms with Crippen LogP contribution >= 0.6 is 23.2 Å². The van der Waals surface area contributed by atoms with Crippen molar-refractivity contribution in [2.45, 2.75) is 12.5 Å².